The zero-order valence-electron chi connectivity index (χ0n) is 7.04. The highest BCUT2D eigenvalue weighted by Crippen LogP contribution is 2.19. The van der Waals surface area contributed by atoms with Crippen LogP contribution in [0.2, 0.25) is 0 Å². The van der Waals surface area contributed by atoms with E-state index in [4.69, 9.17) is 5.73 Å². The molecule has 0 fully saturated rings. The third-order valence-electron chi connectivity index (χ3n) is 1.33. The van der Waals surface area contributed by atoms with E-state index in [0.29, 0.717) is 0 Å². The summed E-state index contributed by atoms with van der Waals surface area (Å²) in [6.45, 7) is 0.980. The van der Waals surface area contributed by atoms with Crippen molar-refractivity contribution >= 4 is 33.2 Å². The molecule has 0 aliphatic heterocycles. The van der Waals surface area contributed by atoms with Crippen LogP contribution in [0.4, 0.5) is 10.1 Å². The third-order valence-corrected chi connectivity index (χ3v) is 2.81. The van der Waals surface area contributed by atoms with E-state index in [1.165, 1.54) is 23.5 Å². The molecule has 0 bridgehead atoms. The molecule has 12 heavy (non-hydrogen) atoms. The van der Waals surface area contributed by atoms with Gasteiger partial charge in [-0.2, -0.15) is 11.8 Å². The van der Waals surface area contributed by atoms with Gasteiger partial charge >= 0.3 is 0 Å². The molecule has 0 radical (unpaired) electrons. The van der Waals surface area contributed by atoms with E-state index in [0.717, 1.165) is 16.7 Å². The number of thioether (sulfide) groups is 1. The SMILES string of the molecule is CSCCCNc1ncc(N)s1. The van der Waals surface area contributed by atoms with Crippen molar-refractivity contribution in [3.8, 4) is 0 Å². The normalized spacial score (nSPS) is 10.1. The van der Waals surface area contributed by atoms with Gasteiger partial charge in [-0.15, -0.1) is 0 Å². The average Bonchev–Trinajstić information content (AvgIpc) is 2.45. The number of nitrogen functional groups attached to an aromatic ring is 1. The molecule has 0 aliphatic carbocycles. The van der Waals surface area contributed by atoms with Gasteiger partial charge in [0.15, 0.2) is 5.13 Å². The summed E-state index contributed by atoms with van der Waals surface area (Å²) in [4.78, 5) is 4.09. The van der Waals surface area contributed by atoms with E-state index in [9.17, 15) is 0 Å². The Labute approximate surface area is 80.8 Å². The highest BCUT2D eigenvalue weighted by Gasteiger charge is 1.95. The minimum Gasteiger partial charge on any atom is -0.389 e. The second-order valence-corrected chi connectivity index (χ2v) is 4.39. The van der Waals surface area contributed by atoms with Gasteiger partial charge in [-0.1, -0.05) is 11.3 Å². The molecule has 5 heteroatoms. The number of thiazole rings is 1. The van der Waals surface area contributed by atoms with Crippen LogP contribution in [0.3, 0.4) is 0 Å². The zero-order chi connectivity index (χ0) is 8.81. The summed E-state index contributed by atoms with van der Waals surface area (Å²) in [7, 11) is 0. The molecule has 68 valence electrons. The number of nitrogens with two attached hydrogens (primary N) is 1. The monoisotopic (exact) mass is 203 g/mol. The molecular weight excluding hydrogens is 190 g/mol. The molecule has 1 aromatic heterocycles. The fourth-order valence-corrected chi connectivity index (χ4v) is 1.82. The maximum Gasteiger partial charge on any atom is 0.184 e. The van der Waals surface area contributed by atoms with Crippen LogP contribution in [0.1, 0.15) is 6.42 Å². The van der Waals surface area contributed by atoms with Crippen molar-refractivity contribution in [1.29, 1.82) is 0 Å². The Bertz CT molecular complexity index is 224. The molecule has 0 aromatic carbocycles. The Morgan fingerprint density at radius 1 is 1.75 bits per heavy atom. The second-order valence-electron chi connectivity index (χ2n) is 2.34. The molecule has 0 aliphatic rings. The highest BCUT2D eigenvalue weighted by molar-refractivity contribution is 7.98. The smallest absolute Gasteiger partial charge is 0.184 e. The Morgan fingerprint density at radius 2 is 2.58 bits per heavy atom. The van der Waals surface area contributed by atoms with Gasteiger partial charge in [-0.05, 0) is 18.4 Å². The topological polar surface area (TPSA) is 50.9 Å². The predicted octanol–water partition coefficient (Wildman–Crippen LogP) is 1.89. The van der Waals surface area contributed by atoms with Crippen LogP contribution < -0.4 is 11.1 Å². The summed E-state index contributed by atoms with van der Waals surface area (Å²) in [5.41, 5.74) is 5.52. The van der Waals surface area contributed by atoms with Crippen LogP contribution >= 0.6 is 23.1 Å². The van der Waals surface area contributed by atoms with Crippen molar-refractivity contribution in [3.05, 3.63) is 6.20 Å². The summed E-state index contributed by atoms with van der Waals surface area (Å²) in [6.07, 6.45) is 4.96. The largest absolute Gasteiger partial charge is 0.389 e. The summed E-state index contributed by atoms with van der Waals surface area (Å²) < 4.78 is 0. The van der Waals surface area contributed by atoms with E-state index in [1.807, 2.05) is 11.8 Å². The van der Waals surface area contributed by atoms with Crippen LogP contribution in [-0.2, 0) is 0 Å². The first kappa shape index (κ1) is 9.67. The maximum absolute atomic E-state index is 5.52. The lowest BCUT2D eigenvalue weighted by Crippen LogP contribution is -2.01. The number of aromatic nitrogens is 1. The first-order valence-electron chi connectivity index (χ1n) is 3.77. The molecule has 0 amide bonds. The number of anilines is 2. The standard InChI is InChI=1S/C7H13N3S2/c1-11-4-2-3-9-7-10-5-6(8)12-7/h5H,2-4,8H2,1H3,(H,9,10). The number of rotatable bonds is 5. The minimum atomic E-state index is 0.766. The highest BCUT2D eigenvalue weighted by atomic mass is 32.2. The quantitative estimate of drug-likeness (QED) is 0.718. The van der Waals surface area contributed by atoms with E-state index in [1.54, 1.807) is 6.20 Å². The van der Waals surface area contributed by atoms with Crippen molar-refractivity contribution in [3.63, 3.8) is 0 Å². The van der Waals surface area contributed by atoms with Gasteiger partial charge in [0.25, 0.3) is 0 Å². The van der Waals surface area contributed by atoms with Gasteiger partial charge in [-0.3, -0.25) is 0 Å². The van der Waals surface area contributed by atoms with E-state index in [2.05, 4.69) is 16.6 Å². The fraction of sp³-hybridized carbons (Fsp3) is 0.571. The summed E-state index contributed by atoms with van der Waals surface area (Å²) in [5, 5.41) is 4.91. The lowest BCUT2D eigenvalue weighted by Gasteiger charge is -1.99. The molecule has 1 aromatic rings. The number of hydrogen-bond acceptors (Lipinski definition) is 5. The van der Waals surface area contributed by atoms with Gasteiger partial charge < -0.3 is 11.1 Å². The molecule has 1 rings (SSSR count). The molecule has 3 nitrogen and oxygen atoms in total. The zero-order valence-corrected chi connectivity index (χ0v) is 8.67. The molecular formula is C7H13N3S2. The first-order valence-corrected chi connectivity index (χ1v) is 5.98. The van der Waals surface area contributed by atoms with Crippen LogP contribution in [0.5, 0.6) is 0 Å². The van der Waals surface area contributed by atoms with Gasteiger partial charge in [0.05, 0.1) is 6.20 Å². The van der Waals surface area contributed by atoms with Gasteiger partial charge in [0.2, 0.25) is 0 Å². The van der Waals surface area contributed by atoms with Crippen molar-refractivity contribution < 1.29 is 0 Å². The molecule has 0 saturated carbocycles. The van der Waals surface area contributed by atoms with Crippen molar-refractivity contribution in [2.24, 2.45) is 0 Å². The summed E-state index contributed by atoms with van der Waals surface area (Å²) >= 11 is 3.35. The van der Waals surface area contributed by atoms with Crippen LogP contribution in [0.15, 0.2) is 6.20 Å². The lowest BCUT2D eigenvalue weighted by atomic mass is 10.5. The Morgan fingerprint density at radius 3 is 3.17 bits per heavy atom. The minimum absolute atomic E-state index is 0.766. The Hall–Kier alpha value is -0.420. The summed E-state index contributed by atoms with van der Waals surface area (Å²) in [5.74, 6) is 1.19. The van der Waals surface area contributed by atoms with Gasteiger partial charge in [0, 0.05) is 6.54 Å². The maximum atomic E-state index is 5.52. The number of hydrogen-bond donors (Lipinski definition) is 2. The average molecular weight is 203 g/mol. The van der Waals surface area contributed by atoms with Gasteiger partial charge in [-0.25, -0.2) is 4.98 Å². The fourth-order valence-electron chi connectivity index (χ4n) is 0.780. The molecule has 1 heterocycles. The predicted molar refractivity (Wildman–Crippen MR) is 58.0 cm³/mol. The van der Waals surface area contributed by atoms with Gasteiger partial charge in [0.1, 0.15) is 5.00 Å². The van der Waals surface area contributed by atoms with Crippen molar-refractivity contribution in [1.82, 2.24) is 4.98 Å². The number of nitrogens with zero attached hydrogens (tertiary/aromatic N) is 1. The third kappa shape index (κ3) is 3.32. The molecule has 3 N–H and O–H groups in total. The number of nitrogens with one attached hydrogen (secondary N) is 1. The van der Waals surface area contributed by atoms with Crippen molar-refractivity contribution in [2.45, 2.75) is 6.42 Å². The molecule has 0 spiro atoms. The molecule has 0 atom stereocenters. The van der Waals surface area contributed by atoms with Crippen LogP contribution in [-0.4, -0.2) is 23.5 Å². The molecule has 0 unspecified atom stereocenters. The lowest BCUT2D eigenvalue weighted by molar-refractivity contribution is 0.989. The van der Waals surface area contributed by atoms with Crippen LogP contribution in [0.25, 0.3) is 0 Å². The van der Waals surface area contributed by atoms with Crippen LogP contribution in [0, 0.1) is 0 Å². The van der Waals surface area contributed by atoms with E-state index in [-0.39, 0.29) is 0 Å². The Balaban J connectivity index is 2.15. The second kappa shape index (κ2) is 5.27. The van der Waals surface area contributed by atoms with Crippen molar-refractivity contribution in [2.75, 3.05) is 29.6 Å². The van der Waals surface area contributed by atoms with E-state index >= 15 is 0 Å². The first-order chi connectivity index (χ1) is 5.83. The Kier molecular flexibility index (Phi) is 4.24. The van der Waals surface area contributed by atoms with E-state index < -0.39 is 0 Å². The summed E-state index contributed by atoms with van der Waals surface area (Å²) in [6, 6.07) is 0. The molecule has 0 saturated heterocycles.